The molecule has 0 aliphatic rings. The second kappa shape index (κ2) is 5.93. The molecule has 0 unspecified atom stereocenters. The fraction of sp³-hybridized carbons (Fsp3) is 0.333. The van der Waals surface area contributed by atoms with E-state index in [0.29, 0.717) is 24.4 Å². The van der Waals surface area contributed by atoms with Crippen molar-refractivity contribution in [3.63, 3.8) is 0 Å². The minimum absolute atomic E-state index is 0.260. The van der Waals surface area contributed by atoms with Gasteiger partial charge in [-0.25, -0.2) is 9.07 Å². The lowest BCUT2D eigenvalue weighted by Crippen LogP contribution is -2.09. The highest BCUT2D eigenvalue weighted by molar-refractivity contribution is 6.16. The molecule has 0 saturated heterocycles. The van der Waals surface area contributed by atoms with Crippen molar-refractivity contribution in [2.24, 2.45) is 0 Å². The molecule has 0 aliphatic carbocycles. The van der Waals surface area contributed by atoms with E-state index in [-0.39, 0.29) is 11.7 Å². The third kappa shape index (κ3) is 2.68. The average molecular weight is 270 g/mol. The van der Waals surface area contributed by atoms with E-state index < -0.39 is 0 Å². The molecule has 6 heteroatoms. The highest BCUT2D eigenvalue weighted by Gasteiger charge is 2.13. The summed E-state index contributed by atoms with van der Waals surface area (Å²) in [5.74, 6) is -0.000493. The van der Waals surface area contributed by atoms with Crippen LogP contribution in [0.15, 0.2) is 24.3 Å². The van der Waals surface area contributed by atoms with E-state index in [4.69, 9.17) is 16.3 Å². The van der Waals surface area contributed by atoms with Crippen LogP contribution in [-0.2, 0) is 23.8 Å². The maximum atomic E-state index is 13.6. The van der Waals surface area contributed by atoms with E-state index in [0.717, 1.165) is 5.69 Å². The molecule has 0 aliphatic heterocycles. The molecule has 18 heavy (non-hydrogen) atoms. The van der Waals surface area contributed by atoms with Crippen LogP contribution >= 0.6 is 11.6 Å². The van der Waals surface area contributed by atoms with E-state index >= 15 is 0 Å². The van der Waals surface area contributed by atoms with Gasteiger partial charge in [0.25, 0.3) is 0 Å². The Balaban J connectivity index is 2.29. The van der Waals surface area contributed by atoms with Crippen LogP contribution in [0.4, 0.5) is 4.39 Å². The molecular formula is C12H13ClFN3O. The van der Waals surface area contributed by atoms with Crippen LogP contribution in [0.2, 0.25) is 0 Å². The number of alkyl halides is 1. The van der Waals surface area contributed by atoms with Gasteiger partial charge in [0.05, 0.1) is 24.7 Å². The van der Waals surface area contributed by atoms with Crippen molar-refractivity contribution >= 4 is 11.6 Å². The van der Waals surface area contributed by atoms with Crippen LogP contribution in [0.3, 0.4) is 0 Å². The lowest BCUT2D eigenvalue weighted by atomic mass is 10.2. The first-order valence-electron chi connectivity index (χ1n) is 5.45. The molecule has 0 atom stereocenters. The molecule has 96 valence electrons. The fourth-order valence-electron chi connectivity index (χ4n) is 1.68. The van der Waals surface area contributed by atoms with Gasteiger partial charge in [0.2, 0.25) is 0 Å². The van der Waals surface area contributed by atoms with Crippen LogP contribution in [0, 0.1) is 5.82 Å². The molecule has 2 aromatic rings. The summed E-state index contributed by atoms with van der Waals surface area (Å²) < 4.78 is 20.3. The summed E-state index contributed by atoms with van der Waals surface area (Å²) in [5, 5.41) is 7.94. The standard InChI is InChI=1S/C12H13ClFN3O/c1-18-8-12-11(6-13)15-16-17(12)7-9-4-2-3-5-10(9)14/h2-5H,6-8H2,1H3. The second-order valence-corrected chi connectivity index (χ2v) is 4.07. The number of halogens is 2. The summed E-state index contributed by atoms with van der Waals surface area (Å²) >= 11 is 5.77. The van der Waals surface area contributed by atoms with E-state index in [1.165, 1.54) is 6.07 Å². The number of ether oxygens (including phenoxy) is 1. The van der Waals surface area contributed by atoms with Gasteiger partial charge in [-0.15, -0.1) is 16.7 Å². The molecule has 0 amide bonds. The van der Waals surface area contributed by atoms with Crippen LogP contribution in [0.1, 0.15) is 17.0 Å². The van der Waals surface area contributed by atoms with Crippen molar-refractivity contribution in [2.75, 3.05) is 7.11 Å². The highest BCUT2D eigenvalue weighted by atomic mass is 35.5. The smallest absolute Gasteiger partial charge is 0.128 e. The van der Waals surface area contributed by atoms with Crippen molar-refractivity contribution < 1.29 is 9.13 Å². The number of rotatable bonds is 5. The van der Waals surface area contributed by atoms with Crippen molar-refractivity contribution in [2.45, 2.75) is 19.0 Å². The Morgan fingerprint density at radius 3 is 2.83 bits per heavy atom. The summed E-state index contributed by atoms with van der Waals surface area (Å²) in [6.07, 6.45) is 0. The monoisotopic (exact) mass is 269 g/mol. The van der Waals surface area contributed by atoms with Gasteiger partial charge in [0, 0.05) is 12.7 Å². The maximum absolute atomic E-state index is 13.6. The predicted molar refractivity (Wildman–Crippen MR) is 65.8 cm³/mol. The molecule has 1 aromatic heterocycles. The summed E-state index contributed by atoms with van der Waals surface area (Å²) in [5.41, 5.74) is 1.99. The van der Waals surface area contributed by atoms with Gasteiger partial charge in [0.1, 0.15) is 11.5 Å². The van der Waals surface area contributed by atoms with Gasteiger partial charge in [0.15, 0.2) is 0 Å². The number of methoxy groups -OCH3 is 1. The van der Waals surface area contributed by atoms with Crippen LogP contribution in [0.25, 0.3) is 0 Å². The topological polar surface area (TPSA) is 39.9 Å². The summed E-state index contributed by atoms with van der Waals surface area (Å²) in [6.45, 7) is 0.665. The number of hydrogen-bond donors (Lipinski definition) is 0. The Kier molecular flexibility index (Phi) is 4.28. The van der Waals surface area contributed by atoms with E-state index in [2.05, 4.69) is 10.3 Å². The van der Waals surface area contributed by atoms with Gasteiger partial charge in [-0.05, 0) is 6.07 Å². The summed E-state index contributed by atoms with van der Waals surface area (Å²) in [4.78, 5) is 0. The minimum Gasteiger partial charge on any atom is -0.378 e. The van der Waals surface area contributed by atoms with Crippen LogP contribution < -0.4 is 0 Å². The minimum atomic E-state index is -0.260. The van der Waals surface area contributed by atoms with E-state index in [1.54, 1.807) is 30.0 Å². The molecule has 0 fully saturated rings. The van der Waals surface area contributed by atoms with Crippen LogP contribution in [-0.4, -0.2) is 22.1 Å². The Bertz CT molecular complexity index is 530. The molecule has 0 spiro atoms. The second-order valence-electron chi connectivity index (χ2n) is 3.80. The Morgan fingerprint density at radius 1 is 1.39 bits per heavy atom. The quantitative estimate of drug-likeness (QED) is 0.783. The largest absolute Gasteiger partial charge is 0.378 e. The van der Waals surface area contributed by atoms with Gasteiger partial charge >= 0.3 is 0 Å². The van der Waals surface area contributed by atoms with Gasteiger partial charge < -0.3 is 4.74 Å². The predicted octanol–water partition coefficient (Wildman–Crippen LogP) is 2.35. The zero-order chi connectivity index (χ0) is 13.0. The van der Waals surface area contributed by atoms with Crippen molar-refractivity contribution in [1.29, 1.82) is 0 Å². The Morgan fingerprint density at radius 2 is 2.17 bits per heavy atom. The average Bonchev–Trinajstić information content (AvgIpc) is 2.75. The molecule has 1 aromatic carbocycles. The first kappa shape index (κ1) is 13.0. The Hall–Kier alpha value is -1.46. The van der Waals surface area contributed by atoms with Gasteiger partial charge in [-0.3, -0.25) is 0 Å². The Labute approximate surface area is 109 Å². The molecule has 1 heterocycles. The number of aromatic nitrogens is 3. The van der Waals surface area contributed by atoms with Crippen molar-refractivity contribution in [3.05, 3.63) is 47.0 Å². The maximum Gasteiger partial charge on any atom is 0.128 e. The molecule has 0 bridgehead atoms. The van der Waals surface area contributed by atoms with Gasteiger partial charge in [-0.1, -0.05) is 23.4 Å². The zero-order valence-corrected chi connectivity index (χ0v) is 10.7. The molecule has 0 radical (unpaired) electrons. The molecule has 2 rings (SSSR count). The summed E-state index contributed by atoms with van der Waals surface area (Å²) in [7, 11) is 1.58. The fourth-order valence-corrected chi connectivity index (χ4v) is 1.89. The lowest BCUT2D eigenvalue weighted by Gasteiger charge is -2.07. The van der Waals surface area contributed by atoms with Crippen molar-refractivity contribution in [3.8, 4) is 0 Å². The zero-order valence-electron chi connectivity index (χ0n) is 9.94. The normalized spacial score (nSPS) is 10.8. The van der Waals surface area contributed by atoms with E-state index in [9.17, 15) is 4.39 Å². The van der Waals surface area contributed by atoms with E-state index in [1.807, 2.05) is 0 Å². The first-order chi connectivity index (χ1) is 8.76. The lowest BCUT2D eigenvalue weighted by molar-refractivity contribution is 0.176. The number of benzene rings is 1. The third-order valence-corrected chi connectivity index (χ3v) is 2.86. The molecule has 4 nitrogen and oxygen atoms in total. The number of hydrogen-bond acceptors (Lipinski definition) is 3. The number of nitrogens with zero attached hydrogens (tertiary/aromatic N) is 3. The van der Waals surface area contributed by atoms with Crippen molar-refractivity contribution in [1.82, 2.24) is 15.0 Å². The third-order valence-electron chi connectivity index (χ3n) is 2.60. The molecule has 0 saturated carbocycles. The highest BCUT2D eigenvalue weighted by Crippen LogP contribution is 2.13. The van der Waals surface area contributed by atoms with Crippen LogP contribution in [0.5, 0.6) is 0 Å². The SMILES string of the molecule is COCc1c(CCl)nnn1Cc1ccccc1F. The summed E-state index contributed by atoms with van der Waals surface area (Å²) in [6, 6.07) is 6.58. The van der Waals surface area contributed by atoms with Gasteiger partial charge in [-0.2, -0.15) is 0 Å². The molecular weight excluding hydrogens is 257 g/mol. The first-order valence-corrected chi connectivity index (χ1v) is 5.99. The molecule has 0 N–H and O–H groups in total.